The van der Waals surface area contributed by atoms with Gasteiger partial charge in [0.15, 0.2) is 11.6 Å². The molecule has 0 bridgehead atoms. The molecule has 0 radical (unpaired) electrons. The quantitative estimate of drug-likeness (QED) is 0.875. The molecule has 5 heteroatoms. The summed E-state index contributed by atoms with van der Waals surface area (Å²) < 4.78 is 40.3. The molecule has 0 saturated carbocycles. The summed E-state index contributed by atoms with van der Waals surface area (Å²) in [6.45, 7) is 0. The molecule has 1 nitrogen and oxygen atoms in total. The highest BCUT2D eigenvalue weighted by Crippen LogP contribution is 2.18. The van der Waals surface area contributed by atoms with Crippen LogP contribution in [0.2, 0.25) is 5.02 Å². The molecule has 0 aliphatic carbocycles. The second-order valence-corrected chi connectivity index (χ2v) is 5.26. The fourth-order valence-corrected chi connectivity index (χ4v) is 2.32. The van der Waals surface area contributed by atoms with Crippen molar-refractivity contribution in [2.24, 2.45) is 0 Å². The summed E-state index contributed by atoms with van der Waals surface area (Å²) in [6.07, 6.45) is 0.797. The zero-order valence-corrected chi connectivity index (χ0v) is 12.2. The minimum absolute atomic E-state index is 0.0657. The van der Waals surface area contributed by atoms with E-state index >= 15 is 0 Å². The van der Waals surface area contributed by atoms with Crippen molar-refractivity contribution in [3.05, 3.63) is 70.0 Å². The Labute approximate surface area is 126 Å². The Bertz CT molecular complexity index is 631. The number of rotatable bonds is 5. The van der Waals surface area contributed by atoms with Crippen LogP contribution >= 0.6 is 11.6 Å². The zero-order chi connectivity index (χ0) is 15.4. The number of likely N-dealkylation sites (N-methyl/N-ethyl adjacent to an activating group) is 1. The van der Waals surface area contributed by atoms with Crippen LogP contribution in [-0.4, -0.2) is 13.1 Å². The number of halogens is 4. The first-order chi connectivity index (χ1) is 10.0. The van der Waals surface area contributed by atoms with E-state index in [9.17, 15) is 13.2 Å². The van der Waals surface area contributed by atoms with Crippen LogP contribution < -0.4 is 5.32 Å². The van der Waals surface area contributed by atoms with Gasteiger partial charge in [0.25, 0.3) is 0 Å². The molecule has 1 N–H and O–H groups in total. The van der Waals surface area contributed by atoms with Crippen LogP contribution in [0.5, 0.6) is 0 Å². The lowest BCUT2D eigenvalue weighted by atomic mass is 9.98. The molecule has 0 fully saturated rings. The maximum absolute atomic E-state index is 13.7. The molecule has 2 aromatic rings. The predicted octanol–water partition coefficient (Wildman–Crippen LogP) is 4.13. The van der Waals surface area contributed by atoms with Gasteiger partial charge in [0.05, 0.1) is 5.02 Å². The Balaban J connectivity index is 2.13. The molecule has 21 heavy (non-hydrogen) atoms. The average molecular weight is 314 g/mol. The van der Waals surface area contributed by atoms with Crippen molar-refractivity contribution in [2.45, 2.75) is 18.9 Å². The number of hydrogen-bond donors (Lipinski definition) is 1. The summed E-state index contributed by atoms with van der Waals surface area (Å²) in [7, 11) is 1.73. The lowest BCUT2D eigenvalue weighted by molar-refractivity contribution is 0.482. The fourth-order valence-electron chi connectivity index (χ4n) is 2.20. The van der Waals surface area contributed by atoms with Crippen molar-refractivity contribution >= 4 is 11.6 Å². The summed E-state index contributed by atoms with van der Waals surface area (Å²) in [5.74, 6) is -2.18. The topological polar surface area (TPSA) is 12.0 Å². The Kier molecular flexibility index (Phi) is 5.26. The van der Waals surface area contributed by atoms with Crippen LogP contribution in [0.4, 0.5) is 13.2 Å². The van der Waals surface area contributed by atoms with Gasteiger partial charge in [-0.2, -0.15) is 0 Å². The molecular formula is C16H15ClF3N. The molecular weight excluding hydrogens is 299 g/mol. The van der Waals surface area contributed by atoms with E-state index in [-0.39, 0.29) is 11.1 Å². The molecule has 0 amide bonds. The van der Waals surface area contributed by atoms with E-state index in [0.717, 1.165) is 11.6 Å². The van der Waals surface area contributed by atoms with Crippen molar-refractivity contribution in [3.8, 4) is 0 Å². The molecule has 2 rings (SSSR count). The molecule has 0 aliphatic heterocycles. The Morgan fingerprint density at radius 1 is 1.05 bits per heavy atom. The molecule has 1 atom stereocenters. The van der Waals surface area contributed by atoms with Crippen LogP contribution in [0.25, 0.3) is 0 Å². The molecule has 2 aromatic carbocycles. The average Bonchev–Trinajstić information content (AvgIpc) is 2.47. The minimum Gasteiger partial charge on any atom is -0.316 e. The molecule has 1 unspecified atom stereocenters. The van der Waals surface area contributed by atoms with Crippen LogP contribution in [0.3, 0.4) is 0 Å². The highest BCUT2D eigenvalue weighted by Gasteiger charge is 2.14. The first kappa shape index (κ1) is 15.9. The molecule has 0 saturated heterocycles. The van der Waals surface area contributed by atoms with Gasteiger partial charge in [-0.3, -0.25) is 0 Å². The van der Waals surface area contributed by atoms with Crippen molar-refractivity contribution in [2.75, 3.05) is 7.05 Å². The van der Waals surface area contributed by atoms with Crippen molar-refractivity contribution in [1.82, 2.24) is 5.32 Å². The van der Waals surface area contributed by atoms with Crippen LogP contribution in [0, 0.1) is 17.5 Å². The van der Waals surface area contributed by atoms with E-state index in [1.165, 1.54) is 18.2 Å². The van der Waals surface area contributed by atoms with Gasteiger partial charge in [-0.15, -0.1) is 0 Å². The third-order valence-corrected chi connectivity index (χ3v) is 3.68. The summed E-state index contributed by atoms with van der Waals surface area (Å²) in [5, 5.41) is 3.10. The lowest BCUT2D eigenvalue weighted by Gasteiger charge is -2.17. The van der Waals surface area contributed by atoms with Gasteiger partial charge in [0.1, 0.15) is 5.82 Å². The fraction of sp³-hybridized carbons (Fsp3) is 0.250. The number of benzene rings is 2. The second kappa shape index (κ2) is 6.96. The molecule has 0 aromatic heterocycles. The van der Waals surface area contributed by atoms with Gasteiger partial charge in [-0.25, -0.2) is 13.2 Å². The van der Waals surface area contributed by atoms with Gasteiger partial charge < -0.3 is 5.32 Å². The van der Waals surface area contributed by atoms with Crippen molar-refractivity contribution in [3.63, 3.8) is 0 Å². The molecule has 0 spiro atoms. The third kappa shape index (κ3) is 3.99. The number of hydrogen-bond acceptors (Lipinski definition) is 1. The minimum atomic E-state index is -0.861. The summed E-state index contributed by atoms with van der Waals surface area (Å²) in [6, 6.07) is 8.53. The Morgan fingerprint density at radius 3 is 2.48 bits per heavy atom. The van der Waals surface area contributed by atoms with Crippen molar-refractivity contribution < 1.29 is 13.2 Å². The van der Waals surface area contributed by atoms with Gasteiger partial charge in [-0.1, -0.05) is 29.8 Å². The van der Waals surface area contributed by atoms with E-state index in [1.54, 1.807) is 19.2 Å². The maximum atomic E-state index is 13.7. The monoisotopic (exact) mass is 313 g/mol. The van der Waals surface area contributed by atoms with E-state index in [0.29, 0.717) is 18.4 Å². The third-order valence-electron chi connectivity index (χ3n) is 3.37. The first-order valence-electron chi connectivity index (χ1n) is 6.55. The van der Waals surface area contributed by atoms with Crippen LogP contribution in [0.1, 0.15) is 11.1 Å². The van der Waals surface area contributed by atoms with E-state index in [4.69, 9.17) is 11.6 Å². The van der Waals surface area contributed by atoms with Gasteiger partial charge in [-0.05, 0) is 49.2 Å². The SMILES string of the molecule is CNC(Cc1ccc(Cl)c(F)c1)Cc1cccc(F)c1F. The Morgan fingerprint density at radius 2 is 1.81 bits per heavy atom. The smallest absolute Gasteiger partial charge is 0.162 e. The van der Waals surface area contributed by atoms with Gasteiger partial charge in [0.2, 0.25) is 0 Å². The van der Waals surface area contributed by atoms with E-state index < -0.39 is 17.5 Å². The van der Waals surface area contributed by atoms with Crippen LogP contribution in [0.15, 0.2) is 36.4 Å². The largest absolute Gasteiger partial charge is 0.316 e. The molecule has 0 heterocycles. The van der Waals surface area contributed by atoms with E-state index in [2.05, 4.69) is 5.32 Å². The second-order valence-electron chi connectivity index (χ2n) is 4.86. The van der Waals surface area contributed by atoms with E-state index in [1.807, 2.05) is 0 Å². The Hall–Kier alpha value is -1.52. The lowest BCUT2D eigenvalue weighted by Crippen LogP contribution is -2.30. The summed E-state index contributed by atoms with van der Waals surface area (Å²) in [5.41, 5.74) is 1.04. The van der Waals surface area contributed by atoms with Crippen LogP contribution in [-0.2, 0) is 12.8 Å². The number of nitrogens with one attached hydrogen (secondary N) is 1. The summed E-state index contributed by atoms with van der Waals surface area (Å²) >= 11 is 5.64. The normalized spacial score (nSPS) is 12.4. The first-order valence-corrected chi connectivity index (χ1v) is 6.93. The van der Waals surface area contributed by atoms with Crippen molar-refractivity contribution in [1.29, 1.82) is 0 Å². The zero-order valence-electron chi connectivity index (χ0n) is 11.5. The summed E-state index contributed by atoms with van der Waals surface area (Å²) in [4.78, 5) is 0. The maximum Gasteiger partial charge on any atom is 0.162 e. The van der Waals surface area contributed by atoms with Gasteiger partial charge in [0, 0.05) is 6.04 Å². The highest BCUT2D eigenvalue weighted by molar-refractivity contribution is 6.30. The molecule has 0 aliphatic rings. The predicted molar refractivity (Wildman–Crippen MR) is 78.0 cm³/mol. The van der Waals surface area contributed by atoms with Gasteiger partial charge >= 0.3 is 0 Å². The standard InChI is InChI=1S/C16H15ClF3N/c1-21-12(7-10-5-6-13(17)15(19)8-10)9-11-3-2-4-14(18)16(11)20/h2-6,8,12,21H,7,9H2,1H3. The molecule has 112 valence electrons. The highest BCUT2D eigenvalue weighted by atomic mass is 35.5.